The first-order valence-corrected chi connectivity index (χ1v) is 6.40. The van der Waals surface area contributed by atoms with Gasteiger partial charge in [0.05, 0.1) is 7.11 Å². The molecule has 100 valence electrons. The molecule has 0 heterocycles. The van der Waals surface area contributed by atoms with Crippen LogP contribution in [0, 0.1) is 0 Å². The smallest absolute Gasteiger partial charge is 0.135 e. The second-order valence-electron chi connectivity index (χ2n) is 4.28. The van der Waals surface area contributed by atoms with Crippen molar-refractivity contribution in [2.45, 2.75) is 19.9 Å². The minimum Gasteiger partial charge on any atom is -0.497 e. The average Bonchev–Trinajstić information content (AvgIpc) is 2.48. The summed E-state index contributed by atoms with van der Waals surface area (Å²) in [6.45, 7) is 2.57. The predicted molar refractivity (Wildman–Crippen MR) is 76.8 cm³/mol. The summed E-state index contributed by atoms with van der Waals surface area (Å²) in [5.41, 5.74) is 7.97. The van der Waals surface area contributed by atoms with Gasteiger partial charge < -0.3 is 15.2 Å². The molecule has 2 aromatic carbocycles. The molecule has 0 bridgehead atoms. The second-order valence-corrected chi connectivity index (χ2v) is 4.28. The van der Waals surface area contributed by atoms with Crippen LogP contribution in [0.15, 0.2) is 42.5 Å². The topological polar surface area (TPSA) is 44.5 Å². The average molecular weight is 257 g/mol. The van der Waals surface area contributed by atoms with Crippen LogP contribution in [0.5, 0.6) is 17.2 Å². The minimum atomic E-state index is 0.437. The van der Waals surface area contributed by atoms with Gasteiger partial charge in [0.1, 0.15) is 17.2 Å². The van der Waals surface area contributed by atoms with Gasteiger partial charge in [-0.1, -0.05) is 25.1 Å². The molecule has 0 saturated heterocycles. The van der Waals surface area contributed by atoms with Crippen LogP contribution in [0.4, 0.5) is 0 Å². The normalized spacial score (nSPS) is 10.3. The summed E-state index contributed by atoms with van der Waals surface area (Å²) >= 11 is 0. The predicted octanol–water partition coefficient (Wildman–Crippen LogP) is 3.51. The lowest BCUT2D eigenvalue weighted by atomic mass is 10.1. The van der Waals surface area contributed by atoms with Crippen LogP contribution < -0.4 is 15.2 Å². The van der Waals surface area contributed by atoms with Gasteiger partial charge in [-0.2, -0.15) is 0 Å². The summed E-state index contributed by atoms with van der Waals surface area (Å²) in [7, 11) is 1.64. The fourth-order valence-corrected chi connectivity index (χ4v) is 1.85. The van der Waals surface area contributed by atoms with E-state index in [1.807, 2.05) is 30.3 Å². The summed E-state index contributed by atoms with van der Waals surface area (Å²) < 4.78 is 11.1. The Kier molecular flexibility index (Phi) is 4.42. The van der Waals surface area contributed by atoms with Gasteiger partial charge in [0, 0.05) is 18.2 Å². The zero-order valence-corrected chi connectivity index (χ0v) is 11.3. The van der Waals surface area contributed by atoms with E-state index in [1.165, 1.54) is 5.56 Å². The van der Waals surface area contributed by atoms with E-state index in [-0.39, 0.29) is 0 Å². The van der Waals surface area contributed by atoms with Crippen LogP contribution in [0.25, 0.3) is 0 Å². The summed E-state index contributed by atoms with van der Waals surface area (Å²) in [6.07, 6.45) is 1.02. The molecule has 19 heavy (non-hydrogen) atoms. The van der Waals surface area contributed by atoms with Crippen LogP contribution in [0.1, 0.15) is 18.1 Å². The van der Waals surface area contributed by atoms with Crippen molar-refractivity contribution in [2.75, 3.05) is 7.11 Å². The van der Waals surface area contributed by atoms with Crippen LogP contribution in [0.3, 0.4) is 0 Å². The van der Waals surface area contributed by atoms with Crippen molar-refractivity contribution < 1.29 is 9.47 Å². The third-order valence-corrected chi connectivity index (χ3v) is 3.05. The maximum Gasteiger partial charge on any atom is 0.135 e. The Balaban J connectivity index is 2.25. The molecule has 3 heteroatoms. The van der Waals surface area contributed by atoms with Crippen molar-refractivity contribution in [3.05, 3.63) is 53.6 Å². The molecule has 0 atom stereocenters. The van der Waals surface area contributed by atoms with Gasteiger partial charge in [-0.15, -0.1) is 0 Å². The lowest BCUT2D eigenvalue weighted by Crippen LogP contribution is -2.00. The van der Waals surface area contributed by atoms with Gasteiger partial charge >= 0.3 is 0 Å². The molecule has 0 spiro atoms. The number of rotatable bonds is 5. The van der Waals surface area contributed by atoms with Crippen LogP contribution >= 0.6 is 0 Å². The van der Waals surface area contributed by atoms with Crippen molar-refractivity contribution in [3.63, 3.8) is 0 Å². The number of hydrogen-bond donors (Lipinski definition) is 1. The number of nitrogens with two attached hydrogens (primary N) is 1. The number of methoxy groups -OCH3 is 1. The quantitative estimate of drug-likeness (QED) is 0.891. The third kappa shape index (κ3) is 3.26. The Morgan fingerprint density at radius 2 is 1.68 bits per heavy atom. The van der Waals surface area contributed by atoms with E-state index < -0.39 is 0 Å². The highest BCUT2D eigenvalue weighted by Crippen LogP contribution is 2.29. The lowest BCUT2D eigenvalue weighted by molar-refractivity contribution is 0.408. The van der Waals surface area contributed by atoms with E-state index in [2.05, 4.69) is 19.1 Å². The Labute approximate surface area is 114 Å². The Hall–Kier alpha value is -2.00. The van der Waals surface area contributed by atoms with Gasteiger partial charge in [0.2, 0.25) is 0 Å². The van der Waals surface area contributed by atoms with E-state index >= 15 is 0 Å². The highest BCUT2D eigenvalue weighted by Gasteiger charge is 2.06. The highest BCUT2D eigenvalue weighted by molar-refractivity contribution is 5.43. The molecular weight excluding hydrogens is 238 g/mol. The number of hydrogen-bond acceptors (Lipinski definition) is 3. The maximum atomic E-state index is 5.88. The van der Waals surface area contributed by atoms with Gasteiger partial charge in [-0.3, -0.25) is 0 Å². The summed E-state index contributed by atoms with van der Waals surface area (Å²) in [5.74, 6) is 2.31. The van der Waals surface area contributed by atoms with E-state index in [9.17, 15) is 0 Å². The Morgan fingerprint density at radius 3 is 2.26 bits per heavy atom. The molecule has 2 N–H and O–H groups in total. The number of ether oxygens (including phenoxy) is 2. The number of aryl methyl sites for hydroxylation is 1. The number of benzene rings is 2. The molecule has 3 nitrogen and oxygen atoms in total. The standard InChI is InChI=1S/C16H19NO2/c1-3-12-4-7-14(8-5-12)19-16-10-15(18-2)9-6-13(16)11-17/h4-10H,3,11,17H2,1-2H3. The zero-order valence-electron chi connectivity index (χ0n) is 11.3. The largest absolute Gasteiger partial charge is 0.497 e. The Bertz CT molecular complexity index is 535. The van der Waals surface area contributed by atoms with Crippen molar-refractivity contribution in [3.8, 4) is 17.2 Å². The van der Waals surface area contributed by atoms with Crippen molar-refractivity contribution in [1.29, 1.82) is 0 Å². The lowest BCUT2D eigenvalue weighted by Gasteiger charge is -2.12. The van der Waals surface area contributed by atoms with Crippen LogP contribution in [-0.4, -0.2) is 7.11 Å². The monoisotopic (exact) mass is 257 g/mol. The van der Waals surface area contributed by atoms with Crippen molar-refractivity contribution in [2.24, 2.45) is 5.73 Å². The molecule has 0 aromatic heterocycles. The van der Waals surface area contributed by atoms with Crippen molar-refractivity contribution in [1.82, 2.24) is 0 Å². The van der Waals surface area contributed by atoms with Gasteiger partial charge in [0.15, 0.2) is 0 Å². The second kappa shape index (κ2) is 6.25. The fourth-order valence-electron chi connectivity index (χ4n) is 1.85. The minimum absolute atomic E-state index is 0.437. The van der Waals surface area contributed by atoms with E-state index in [0.29, 0.717) is 6.54 Å². The van der Waals surface area contributed by atoms with Crippen LogP contribution in [0.2, 0.25) is 0 Å². The SMILES string of the molecule is CCc1ccc(Oc2cc(OC)ccc2CN)cc1. The summed E-state index contributed by atoms with van der Waals surface area (Å²) in [4.78, 5) is 0. The van der Waals surface area contributed by atoms with E-state index in [1.54, 1.807) is 7.11 Å². The molecule has 0 amide bonds. The molecular formula is C16H19NO2. The first-order chi connectivity index (χ1) is 9.26. The first-order valence-electron chi connectivity index (χ1n) is 6.40. The van der Waals surface area contributed by atoms with Gasteiger partial charge in [-0.25, -0.2) is 0 Å². The fraction of sp³-hybridized carbons (Fsp3) is 0.250. The Morgan fingerprint density at radius 1 is 1.00 bits per heavy atom. The molecule has 0 aliphatic heterocycles. The summed E-state index contributed by atoms with van der Waals surface area (Å²) in [6, 6.07) is 13.7. The van der Waals surface area contributed by atoms with E-state index in [0.717, 1.165) is 29.2 Å². The molecule has 2 aromatic rings. The molecule has 2 rings (SSSR count). The molecule has 0 aliphatic carbocycles. The molecule has 0 aliphatic rings. The van der Waals surface area contributed by atoms with Crippen LogP contribution in [-0.2, 0) is 13.0 Å². The molecule has 0 fully saturated rings. The van der Waals surface area contributed by atoms with Crippen molar-refractivity contribution >= 4 is 0 Å². The molecule has 0 saturated carbocycles. The first kappa shape index (κ1) is 13.4. The zero-order chi connectivity index (χ0) is 13.7. The van der Waals surface area contributed by atoms with Gasteiger partial charge in [-0.05, 0) is 30.2 Å². The maximum absolute atomic E-state index is 5.88. The summed E-state index contributed by atoms with van der Waals surface area (Å²) in [5, 5.41) is 0. The highest BCUT2D eigenvalue weighted by atomic mass is 16.5. The molecule has 0 unspecified atom stereocenters. The van der Waals surface area contributed by atoms with Gasteiger partial charge in [0.25, 0.3) is 0 Å². The molecule has 0 radical (unpaired) electrons. The third-order valence-electron chi connectivity index (χ3n) is 3.05. The van der Waals surface area contributed by atoms with E-state index in [4.69, 9.17) is 15.2 Å².